The zero-order valence-electron chi connectivity index (χ0n) is 8.59. The summed E-state index contributed by atoms with van der Waals surface area (Å²) in [5.74, 6) is 1.75. The van der Waals surface area contributed by atoms with E-state index in [1.807, 2.05) is 0 Å². The van der Waals surface area contributed by atoms with Crippen LogP contribution in [0.3, 0.4) is 0 Å². The minimum absolute atomic E-state index is 0.793. The van der Waals surface area contributed by atoms with E-state index in [0.29, 0.717) is 0 Å². The Morgan fingerprint density at radius 2 is 1.83 bits per heavy atom. The third-order valence-electron chi connectivity index (χ3n) is 2.98. The van der Waals surface area contributed by atoms with Crippen LogP contribution in [0.1, 0.15) is 19.8 Å². The molecule has 0 heterocycles. The maximum atomic E-state index is 5.45. The van der Waals surface area contributed by atoms with Crippen molar-refractivity contribution in [3.63, 3.8) is 0 Å². The first-order chi connectivity index (χ1) is 5.61. The molecule has 2 nitrogen and oxygen atoms in total. The maximum absolute atomic E-state index is 5.45. The van der Waals surface area contributed by atoms with Crippen LogP contribution in [0.2, 0.25) is 12.6 Å². The van der Waals surface area contributed by atoms with E-state index in [0.717, 1.165) is 17.9 Å². The molecule has 0 amide bonds. The highest BCUT2D eigenvalue weighted by Gasteiger charge is 2.37. The predicted molar refractivity (Wildman–Crippen MR) is 52.3 cm³/mol. The Labute approximate surface area is 76.5 Å². The van der Waals surface area contributed by atoms with Crippen molar-refractivity contribution >= 4 is 8.56 Å². The lowest BCUT2D eigenvalue weighted by atomic mass is 10.1. The van der Waals surface area contributed by atoms with Gasteiger partial charge in [0.1, 0.15) is 0 Å². The monoisotopic (exact) mass is 188 g/mol. The summed E-state index contributed by atoms with van der Waals surface area (Å²) in [5, 5.41) is 0. The summed E-state index contributed by atoms with van der Waals surface area (Å²) in [4.78, 5) is 0. The Kier molecular flexibility index (Phi) is 3.32. The van der Waals surface area contributed by atoms with E-state index in [-0.39, 0.29) is 0 Å². The van der Waals surface area contributed by atoms with Crippen LogP contribution in [0, 0.1) is 11.8 Å². The summed E-state index contributed by atoms with van der Waals surface area (Å²) in [6, 6.07) is 1.14. The summed E-state index contributed by atoms with van der Waals surface area (Å²) in [6.45, 7) is 4.47. The van der Waals surface area contributed by atoms with E-state index in [2.05, 4.69) is 13.5 Å². The highest BCUT2D eigenvalue weighted by atomic mass is 28.4. The molecule has 1 atom stereocenters. The van der Waals surface area contributed by atoms with Gasteiger partial charge < -0.3 is 8.85 Å². The van der Waals surface area contributed by atoms with Gasteiger partial charge in [0.2, 0.25) is 0 Å². The second kappa shape index (κ2) is 3.90. The van der Waals surface area contributed by atoms with Crippen molar-refractivity contribution in [1.82, 2.24) is 0 Å². The van der Waals surface area contributed by atoms with Gasteiger partial charge in [-0.15, -0.1) is 0 Å². The Morgan fingerprint density at radius 3 is 2.17 bits per heavy atom. The lowest BCUT2D eigenvalue weighted by Crippen LogP contribution is -2.38. The molecule has 1 saturated carbocycles. The molecule has 0 aromatic carbocycles. The van der Waals surface area contributed by atoms with Crippen molar-refractivity contribution in [3.8, 4) is 0 Å². The zero-order chi connectivity index (χ0) is 9.19. The molecule has 72 valence electrons. The first-order valence-corrected chi connectivity index (χ1v) is 7.24. The summed E-state index contributed by atoms with van der Waals surface area (Å²) < 4.78 is 10.9. The van der Waals surface area contributed by atoms with Crippen molar-refractivity contribution in [1.29, 1.82) is 0 Å². The van der Waals surface area contributed by atoms with Crippen LogP contribution in [0.5, 0.6) is 0 Å². The van der Waals surface area contributed by atoms with Crippen LogP contribution >= 0.6 is 0 Å². The molecule has 0 N–H and O–H groups in total. The van der Waals surface area contributed by atoms with E-state index in [4.69, 9.17) is 8.85 Å². The fourth-order valence-electron chi connectivity index (χ4n) is 1.67. The quantitative estimate of drug-likeness (QED) is 0.617. The molecule has 0 saturated heterocycles. The normalized spacial score (nSPS) is 21.0. The molecule has 1 rings (SSSR count). The third kappa shape index (κ3) is 2.57. The second-order valence-corrected chi connectivity index (χ2v) is 7.55. The number of hydrogen-bond acceptors (Lipinski definition) is 2. The van der Waals surface area contributed by atoms with E-state index < -0.39 is 8.56 Å². The Balaban J connectivity index is 2.34. The second-order valence-electron chi connectivity index (χ2n) is 4.06. The highest BCUT2D eigenvalue weighted by molar-refractivity contribution is 6.66. The van der Waals surface area contributed by atoms with Gasteiger partial charge in [0.25, 0.3) is 0 Å². The average Bonchev–Trinajstić information content (AvgIpc) is 2.86. The molecule has 0 spiro atoms. The van der Waals surface area contributed by atoms with Gasteiger partial charge in [-0.25, -0.2) is 0 Å². The topological polar surface area (TPSA) is 18.5 Å². The van der Waals surface area contributed by atoms with Crippen molar-refractivity contribution in [2.75, 3.05) is 14.2 Å². The van der Waals surface area contributed by atoms with Crippen LogP contribution in [0.15, 0.2) is 0 Å². The van der Waals surface area contributed by atoms with Crippen LogP contribution in [0.4, 0.5) is 0 Å². The van der Waals surface area contributed by atoms with E-state index in [9.17, 15) is 0 Å². The van der Waals surface area contributed by atoms with Gasteiger partial charge in [-0.1, -0.05) is 6.92 Å². The van der Waals surface area contributed by atoms with Crippen molar-refractivity contribution in [2.24, 2.45) is 11.8 Å². The van der Waals surface area contributed by atoms with Gasteiger partial charge in [0.05, 0.1) is 0 Å². The lowest BCUT2D eigenvalue weighted by molar-refractivity contribution is 0.240. The molecule has 0 bridgehead atoms. The first kappa shape index (κ1) is 10.2. The summed E-state index contributed by atoms with van der Waals surface area (Å²) in [6.07, 6.45) is 2.83. The molecule has 0 radical (unpaired) electrons. The standard InChI is InChI=1S/C9H20O2Si/c1-8(9-5-6-9)7-12(4,10-2)11-3/h8-9H,5-7H2,1-4H3. The van der Waals surface area contributed by atoms with Crippen LogP contribution in [0.25, 0.3) is 0 Å². The van der Waals surface area contributed by atoms with Crippen molar-refractivity contribution < 1.29 is 8.85 Å². The van der Waals surface area contributed by atoms with Crippen LogP contribution in [-0.4, -0.2) is 22.8 Å². The molecule has 0 aromatic rings. The molecule has 12 heavy (non-hydrogen) atoms. The smallest absolute Gasteiger partial charge is 0.334 e. The fourth-order valence-corrected chi connectivity index (χ4v) is 3.67. The molecule has 0 aliphatic heterocycles. The van der Waals surface area contributed by atoms with Crippen molar-refractivity contribution in [2.45, 2.75) is 32.4 Å². The Morgan fingerprint density at radius 1 is 1.33 bits per heavy atom. The average molecular weight is 188 g/mol. The molecule has 3 heteroatoms. The van der Waals surface area contributed by atoms with Gasteiger partial charge >= 0.3 is 8.56 Å². The molecular weight excluding hydrogens is 168 g/mol. The summed E-state index contributed by atoms with van der Waals surface area (Å²) in [5.41, 5.74) is 0. The minimum atomic E-state index is -1.78. The zero-order valence-corrected chi connectivity index (χ0v) is 9.59. The lowest BCUT2D eigenvalue weighted by Gasteiger charge is -2.25. The Bertz CT molecular complexity index is 141. The third-order valence-corrected chi connectivity index (χ3v) is 6.10. The first-order valence-electron chi connectivity index (χ1n) is 4.71. The molecule has 1 fully saturated rings. The molecular formula is C9H20O2Si. The highest BCUT2D eigenvalue weighted by Crippen LogP contribution is 2.40. The minimum Gasteiger partial charge on any atom is -0.398 e. The molecule has 1 aliphatic carbocycles. The number of rotatable bonds is 5. The fraction of sp³-hybridized carbons (Fsp3) is 1.00. The largest absolute Gasteiger partial charge is 0.398 e. The van der Waals surface area contributed by atoms with Crippen LogP contribution in [-0.2, 0) is 8.85 Å². The van der Waals surface area contributed by atoms with E-state index >= 15 is 0 Å². The molecule has 1 aliphatic rings. The molecule has 1 unspecified atom stereocenters. The maximum Gasteiger partial charge on any atom is 0.334 e. The summed E-state index contributed by atoms with van der Waals surface area (Å²) in [7, 11) is 1.76. The number of hydrogen-bond donors (Lipinski definition) is 0. The van der Waals surface area contributed by atoms with E-state index in [1.165, 1.54) is 12.8 Å². The van der Waals surface area contributed by atoms with E-state index in [1.54, 1.807) is 14.2 Å². The van der Waals surface area contributed by atoms with Gasteiger partial charge in [-0.05, 0) is 37.3 Å². The van der Waals surface area contributed by atoms with Gasteiger partial charge in [0, 0.05) is 14.2 Å². The van der Waals surface area contributed by atoms with Crippen LogP contribution < -0.4 is 0 Å². The van der Waals surface area contributed by atoms with Crippen molar-refractivity contribution in [3.05, 3.63) is 0 Å². The predicted octanol–water partition coefficient (Wildman–Crippen LogP) is 2.40. The van der Waals surface area contributed by atoms with Gasteiger partial charge in [-0.2, -0.15) is 0 Å². The van der Waals surface area contributed by atoms with Gasteiger partial charge in [0.15, 0.2) is 0 Å². The van der Waals surface area contributed by atoms with Gasteiger partial charge in [-0.3, -0.25) is 0 Å². The SMILES string of the molecule is CO[Si](C)(CC(C)C1CC1)OC. The summed E-state index contributed by atoms with van der Waals surface area (Å²) >= 11 is 0. The molecule has 0 aromatic heterocycles. The Hall–Kier alpha value is 0.137.